The third-order valence-corrected chi connectivity index (χ3v) is 3.65. The first-order valence-corrected chi connectivity index (χ1v) is 7.15. The van der Waals surface area contributed by atoms with Gasteiger partial charge in [0.2, 0.25) is 0 Å². The Kier molecular flexibility index (Phi) is 2.98. The highest BCUT2D eigenvalue weighted by Gasteiger charge is 2.06. The number of aromatic nitrogens is 2. The van der Waals surface area contributed by atoms with Crippen LogP contribution >= 0.6 is 0 Å². The maximum Gasteiger partial charge on any atom is 0.141 e. The molecule has 5 heteroatoms. The fraction of sp³-hybridized carbons (Fsp3) is 0. The van der Waals surface area contributed by atoms with Crippen molar-refractivity contribution in [3.8, 4) is 11.5 Å². The van der Waals surface area contributed by atoms with E-state index in [2.05, 4.69) is 15.3 Å². The van der Waals surface area contributed by atoms with E-state index in [0.29, 0.717) is 22.7 Å². The summed E-state index contributed by atoms with van der Waals surface area (Å²) in [7, 11) is 0. The van der Waals surface area contributed by atoms with Crippen molar-refractivity contribution in [2.75, 3.05) is 5.32 Å². The first kappa shape index (κ1) is 13.3. The molecule has 4 aromatic rings. The number of pyridine rings is 2. The number of hydrogen-bond acceptors (Lipinski definition) is 5. The second kappa shape index (κ2) is 5.14. The van der Waals surface area contributed by atoms with Crippen molar-refractivity contribution in [1.82, 2.24) is 9.97 Å². The molecule has 23 heavy (non-hydrogen) atoms. The van der Waals surface area contributed by atoms with Crippen LogP contribution in [0.1, 0.15) is 0 Å². The number of hydrogen-bond donors (Lipinski definition) is 3. The SMILES string of the molecule is Oc1cccc2ccc(Nc3ccc4cccc(O)c4n3)nc12. The molecule has 0 aliphatic rings. The summed E-state index contributed by atoms with van der Waals surface area (Å²) in [5.74, 6) is 1.41. The summed E-state index contributed by atoms with van der Waals surface area (Å²) in [5.41, 5.74) is 1.06. The number of nitrogens with zero attached hydrogens (tertiary/aromatic N) is 2. The van der Waals surface area contributed by atoms with Crippen LogP contribution in [0.25, 0.3) is 21.8 Å². The zero-order valence-corrected chi connectivity index (χ0v) is 12.1. The van der Waals surface area contributed by atoms with Crippen molar-refractivity contribution in [1.29, 1.82) is 0 Å². The lowest BCUT2D eigenvalue weighted by atomic mass is 10.2. The van der Waals surface area contributed by atoms with Crippen LogP contribution in [0, 0.1) is 0 Å². The number of phenols is 2. The summed E-state index contributed by atoms with van der Waals surface area (Å²) in [5, 5.41) is 24.6. The highest BCUT2D eigenvalue weighted by Crippen LogP contribution is 2.27. The van der Waals surface area contributed by atoms with Crippen LogP contribution in [0.2, 0.25) is 0 Å². The second-order valence-electron chi connectivity index (χ2n) is 5.22. The number of phenolic OH excluding ortho intramolecular Hbond substituents is 2. The lowest BCUT2D eigenvalue weighted by molar-refractivity contribution is 0.480. The van der Waals surface area contributed by atoms with Crippen molar-refractivity contribution in [3.05, 3.63) is 60.7 Å². The van der Waals surface area contributed by atoms with Crippen molar-refractivity contribution in [3.63, 3.8) is 0 Å². The van der Waals surface area contributed by atoms with Gasteiger partial charge in [-0.2, -0.15) is 0 Å². The number of aromatic hydroxyl groups is 2. The standard InChI is InChI=1S/C18H13N3O2/c22-13-5-1-3-11-7-9-15(20-17(11)13)19-16-10-8-12-4-2-6-14(23)18(12)21-16/h1-10,22-23H,(H,19,20,21). The molecule has 3 N–H and O–H groups in total. The van der Waals surface area contributed by atoms with E-state index < -0.39 is 0 Å². The number of para-hydroxylation sites is 2. The first-order chi connectivity index (χ1) is 11.2. The lowest BCUT2D eigenvalue weighted by Crippen LogP contribution is -1.96. The van der Waals surface area contributed by atoms with Crippen LogP contribution in [-0.2, 0) is 0 Å². The Morgan fingerprint density at radius 1 is 0.609 bits per heavy atom. The number of nitrogens with one attached hydrogen (secondary N) is 1. The molecule has 0 saturated carbocycles. The van der Waals surface area contributed by atoms with Gasteiger partial charge in [0.15, 0.2) is 0 Å². The minimum atomic E-state index is 0.135. The number of rotatable bonds is 2. The molecule has 4 rings (SSSR count). The fourth-order valence-corrected chi connectivity index (χ4v) is 2.53. The lowest BCUT2D eigenvalue weighted by Gasteiger charge is -2.08. The average Bonchev–Trinajstić information content (AvgIpc) is 2.56. The van der Waals surface area contributed by atoms with Gasteiger partial charge in [0, 0.05) is 10.8 Å². The molecule has 2 aromatic carbocycles. The molecule has 5 nitrogen and oxygen atoms in total. The molecule has 0 atom stereocenters. The molecule has 2 heterocycles. The topological polar surface area (TPSA) is 78.3 Å². The van der Waals surface area contributed by atoms with Gasteiger partial charge in [-0.05, 0) is 36.4 Å². The molecule has 0 radical (unpaired) electrons. The summed E-state index contributed by atoms with van der Waals surface area (Å²) in [4.78, 5) is 8.82. The largest absolute Gasteiger partial charge is 0.506 e. The van der Waals surface area contributed by atoms with E-state index in [9.17, 15) is 10.2 Å². The smallest absolute Gasteiger partial charge is 0.141 e. The summed E-state index contributed by atoms with van der Waals surface area (Å²) in [6, 6.07) is 17.9. The molecule has 0 bridgehead atoms. The average molecular weight is 303 g/mol. The van der Waals surface area contributed by atoms with Gasteiger partial charge in [-0.3, -0.25) is 0 Å². The molecule has 112 valence electrons. The van der Waals surface area contributed by atoms with Gasteiger partial charge in [-0.1, -0.05) is 24.3 Å². The Hall–Kier alpha value is -3.34. The Balaban J connectivity index is 1.75. The third-order valence-electron chi connectivity index (χ3n) is 3.65. The summed E-state index contributed by atoms with van der Waals surface area (Å²) < 4.78 is 0. The van der Waals surface area contributed by atoms with Crippen molar-refractivity contribution in [2.24, 2.45) is 0 Å². The van der Waals surface area contributed by atoms with E-state index in [1.807, 2.05) is 36.4 Å². The monoisotopic (exact) mass is 303 g/mol. The van der Waals surface area contributed by atoms with Gasteiger partial charge < -0.3 is 15.5 Å². The highest BCUT2D eigenvalue weighted by molar-refractivity contribution is 5.87. The normalized spacial score (nSPS) is 11.0. The van der Waals surface area contributed by atoms with Crippen LogP contribution in [0.4, 0.5) is 11.6 Å². The maximum absolute atomic E-state index is 9.90. The quantitative estimate of drug-likeness (QED) is 0.523. The van der Waals surface area contributed by atoms with Crippen molar-refractivity contribution < 1.29 is 10.2 Å². The van der Waals surface area contributed by atoms with E-state index in [-0.39, 0.29) is 11.5 Å². The maximum atomic E-state index is 9.90. The first-order valence-electron chi connectivity index (χ1n) is 7.15. The van der Waals surface area contributed by atoms with E-state index >= 15 is 0 Å². The third kappa shape index (κ3) is 2.38. The summed E-state index contributed by atoms with van der Waals surface area (Å²) in [6.45, 7) is 0. The van der Waals surface area contributed by atoms with Crippen LogP contribution in [0.15, 0.2) is 60.7 Å². The molecule has 2 aromatic heterocycles. The van der Waals surface area contributed by atoms with Gasteiger partial charge in [0.05, 0.1) is 0 Å². The zero-order valence-electron chi connectivity index (χ0n) is 12.1. The van der Waals surface area contributed by atoms with Crippen LogP contribution < -0.4 is 5.32 Å². The molecule has 0 spiro atoms. The van der Waals surface area contributed by atoms with E-state index in [1.165, 1.54) is 0 Å². The second-order valence-corrected chi connectivity index (χ2v) is 5.22. The molecule has 0 amide bonds. The van der Waals surface area contributed by atoms with Crippen LogP contribution in [0.3, 0.4) is 0 Å². The van der Waals surface area contributed by atoms with Gasteiger partial charge >= 0.3 is 0 Å². The highest BCUT2D eigenvalue weighted by atomic mass is 16.3. The van der Waals surface area contributed by atoms with Gasteiger partial charge in [0.1, 0.15) is 34.2 Å². The van der Waals surface area contributed by atoms with E-state index in [1.54, 1.807) is 24.3 Å². The van der Waals surface area contributed by atoms with Gasteiger partial charge in [-0.25, -0.2) is 9.97 Å². The Morgan fingerprint density at radius 2 is 1.09 bits per heavy atom. The Bertz CT molecular complexity index is 948. The molecular formula is C18H13N3O2. The molecule has 0 unspecified atom stereocenters. The Labute approximate surface area is 131 Å². The summed E-state index contributed by atoms with van der Waals surface area (Å²) in [6.07, 6.45) is 0. The fourth-order valence-electron chi connectivity index (χ4n) is 2.53. The van der Waals surface area contributed by atoms with Crippen molar-refractivity contribution >= 4 is 33.4 Å². The summed E-state index contributed by atoms with van der Waals surface area (Å²) >= 11 is 0. The van der Waals surface area contributed by atoms with Gasteiger partial charge in [0.25, 0.3) is 0 Å². The molecule has 0 aliphatic heterocycles. The Morgan fingerprint density at radius 3 is 1.57 bits per heavy atom. The zero-order chi connectivity index (χ0) is 15.8. The van der Waals surface area contributed by atoms with E-state index in [4.69, 9.17) is 0 Å². The number of fused-ring (bicyclic) bond motifs is 2. The number of anilines is 2. The minimum Gasteiger partial charge on any atom is -0.506 e. The molecule has 0 aliphatic carbocycles. The number of benzene rings is 2. The predicted octanol–water partition coefficient (Wildman–Crippen LogP) is 3.94. The van der Waals surface area contributed by atoms with E-state index in [0.717, 1.165) is 10.8 Å². The molecule has 0 saturated heterocycles. The molecule has 0 fully saturated rings. The van der Waals surface area contributed by atoms with Crippen LogP contribution in [0.5, 0.6) is 11.5 Å². The molecular weight excluding hydrogens is 290 g/mol. The van der Waals surface area contributed by atoms with Crippen molar-refractivity contribution in [2.45, 2.75) is 0 Å². The van der Waals surface area contributed by atoms with Crippen LogP contribution in [-0.4, -0.2) is 20.2 Å². The predicted molar refractivity (Wildman–Crippen MR) is 90.1 cm³/mol. The van der Waals surface area contributed by atoms with Gasteiger partial charge in [-0.15, -0.1) is 0 Å². The minimum absolute atomic E-state index is 0.135.